The zero-order valence-electron chi connectivity index (χ0n) is 14.5. The van der Waals surface area contributed by atoms with Crippen molar-refractivity contribution in [1.82, 2.24) is 14.8 Å². The Labute approximate surface area is 175 Å². The summed E-state index contributed by atoms with van der Waals surface area (Å²) in [5.41, 5.74) is 12.9. The average Bonchev–Trinajstić information content (AvgIpc) is 3.00. The van der Waals surface area contributed by atoms with Gasteiger partial charge in [-0.2, -0.15) is 5.10 Å². The van der Waals surface area contributed by atoms with E-state index in [1.807, 2.05) is 0 Å². The molecule has 0 radical (unpaired) electrons. The number of aromatic nitrogens is 3. The Hall–Kier alpha value is -2.61. The second kappa shape index (κ2) is 7.79. The summed E-state index contributed by atoms with van der Waals surface area (Å²) in [5, 5.41) is 4.95. The predicted molar refractivity (Wildman–Crippen MR) is 108 cm³/mol. The van der Waals surface area contributed by atoms with Gasteiger partial charge in [0.2, 0.25) is 5.91 Å². The molecule has 2 aromatic heterocycles. The van der Waals surface area contributed by atoms with E-state index in [-0.39, 0.29) is 33.5 Å². The number of nitrogens with zero attached hydrogens (tertiary/aromatic N) is 3. The van der Waals surface area contributed by atoms with Gasteiger partial charge in [-0.1, -0.05) is 23.2 Å². The minimum absolute atomic E-state index is 0.0239. The maximum absolute atomic E-state index is 12.4. The molecule has 4 N–H and O–H groups in total. The van der Waals surface area contributed by atoms with E-state index in [2.05, 4.69) is 10.1 Å². The maximum atomic E-state index is 12.4. The molecule has 144 valence electrons. The molecule has 28 heavy (non-hydrogen) atoms. The van der Waals surface area contributed by atoms with Crippen molar-refractivity contribution in [1.29, 1.82) is 0 Å². The minimum Gasteiger partial charge on any atom is -0.366 e. The van der Waals surface area contributed by atoms with Gasteiger partial charge in [0.15, 0.2) is 5.82 Å². The number of hydrogen-bond donors (Lipinski definition) is 2. The van der Waals surface area contributed by atoms with Crippen molar-refractivity contribution >= 4 is 46.6 Å². The van der Waals surface area contributed by atoms with Gasteiger partial charge >= 0.3 is 0 Å². The van der Waals surface area contributed by atoms with Crippen LogP contribution in [0.3, 0.4) is 0 Å². The molecule has 0 unspecified atom stereocenters. The zero-order valence-corrected chi connectivity index (χ0v) is 16.8. The monoisotopic (exact) mass is 437 g/mol. The number of hydrogen-bond acceptors (Lipinski definition) is 4. The largest absolute Gasteiger partial charge is 0.366 e. The molecule has 0 aliphatic heterocycles. The van der Waals surface area contributed by atoms with Crippen LogP contribution in [0.5, 0.6) is 0 Å². The van der Waals surface area contributed by atoms with E-state index < -0.39 is 11.8 Å². The molecule has 0 aliphatic carbocycles. The number of rotatable bonds is 5. The number of pyridine rings is 1. The first-order chi connectivity index (χ1) is 13.3. The van der Waals surface area contributed by atoms with Gasteiger partial charge in [-0.05, 0) is 36.8 Å². The highest BCUT2D eigenvalue weighted by Gasteiger charge is 2.29. The van der Waals surface area contributed by atoms with Crippen molar-refractivity contribution in [3.8, 4) is 16.9 Å². The van der Waals surface area contributed by atoms with Crippen molar-refractivity contribution in [2.75, 3.05) is 0 Å². The number of primary amides is 2. The lowest BCUT2D eigenvalue weighted by Gasteiger charge is -2.13. The fourth-order valence-corrected chi connectivity index (χ4v) is 3.66. The fourth-order valence-electron chi connectivity index (χ4n) is 3.00. The first-order valence-electron chi connectivity index (χ1n) is 7.95. The molecular weight excluding hydrogens is 425 g/mol. The summed E-state index contributed by atoms with van der Waals surface area (Å²) in [5.74, 6) is -1.39. The third kappa shape index (κ3) is 3.44. The second-order valence-electron chi connectivity index (χ2n) is 5.90. The quantitative estimate of drug-likeness (QED) is 0.593. The Balaban J connectivity index is 2.46. The number of halogens is 3. The average molecular weight is 439 g/mol. The number of alkyl halides is 1. The van der Waals surface area contributed by atoms with Crippen LogP contribution in [0.25, 0.3) is 16.9 Å². The summed E-state index contributed by atoms with van der Waals surface area (Å²) < 4.78 is 1.22. The summed E-state index contributed by atoms with van der Waals surface area (Å²) in [6.07, 6.45) is 1.50. The highest BCUT2D eigenvalue weighted by Crippen LogP contribution is 2.37. The molecule has 1 aromatic carbocycles. The molecule has 0 bridgehead atoms. The summed E-state index contributed by atoms with van der Waals surface area (Å²) in [6, 6.07) is 6.28. The fraction of sp³-hybridized carbons (Fsp3) is 0.111. The van der Waals surface area contributed by atoms with Crippen molar-refractivity contribution in [2.45, 2.75) is 12.8 Å². The van der Waals surface area contributed by atoms with E-state index in [1.54, 1.807) is 25.1 Å². The Morgan fingerprint density at radius 1 is 1.14 bits per heavy atom. The molecule has 10 heteroatoms. The van der Waals surface area contributed by atoms with Crippen molar-refractivity contribution in [3.63, 3.8) is 0 Å². The van der Waals surface area contributed by atoms with Gasteiger partial charge in [0, 0.05) is 27.9 Å². The Morgan fingerprint density at radius 3 is 2.43 bits per heavy atom. The van der Waals surface area contributed by atoms with Crippen LogP contribution in [0, 0.1) is 6.92 Å². The lowest BCUT2D eigenvalue weighted by molar-refractivity contribution is 0.0986. The standard InChI is InChI=1S/C18H14Cl3N5O2/c1-8-5-9(20)6-10(16(22)27)13(8)14-12(7-19)25-26(15(14)17(23)28)18-11(21)3-2-4-24-18/h2-6H,7H2,1H3,(H2,22,27)(H2,23,28). The molecular formula is C18H14Cl3N5O2. The molecule has 0 atom stereocenters. The maximum Gasteiger partial charge on any atom is 0.268 e. The van der Waals surface area contributed by atoms with Crippen molar-refractivity contribution in [2.24, 2.45) is 11.5 Å². The van der Waals surface area contributed by atoms with E-state index in [9.17, 15) is 9.59 Å². The normalized spacial score (nSPS) is 10.9. The molecule has 0 fully saturated rings. The van der Waals surface area contributed by atoms with Crippen LogP contribution in [0.2, 0.25) is 10.0 Å². The van der Waals surface area contributed by atoms with Gasteiger partial charge in [0.25, 0.3) is 5.91 Å². The van der Waals surface area contributed by atoms with Crippen molar-refractivity contribution in [3.05, 3.63) is 63.0 Å². The van der Waals surface area contributed by atoms with Crippen LogP contribution in [-0.4, -0.2) is 26.6 Å². The minimum atomic E-state index is -0.801. The van der Waals surface area contributed by atoms with E-state index in [0.717, 1.165) is 0 Å². The molecule has 3 aromatic rings. The van der Waals surface area contributed by atoms with Crippen molar-refractivity contribution < 1.29 is 9.59 Å². The molecule has 2 heterocycles. The van der Waals surface area contributed by atoms with E-state index in [1.165, 1.54) is 16.9 Å². The lowest BCUT2D eigenvalue weighted by Crippen LogP contribution is -2.20. The molecule has 7 nitrogen and oxygen atoms in total. The Kier molecular flexibility index (Phi) is 5.60. The number of carbonyl (C=O) groups is 2. The number of aryl methyl sites for hydroxylation is 1. The number of benzene rings is 1. The molecule has 0 spiro atoms. The second-order valence-corrected chi connectivity index (χ2v) is 7.01. The molecule has 2 amide bonds. The highest BCUT2D eigenvalue weighted by atomic mass is 35.5. The van der Waals surface area contributed by atoms with Crippen LogP contribution < -0.4 is 11.5 Å². The van der Waals surface area contributed by atoms with E-state index >= 15 is 0 Å². The van der Waals surface area contributed by atoms with Crippen LogP contribution in [0.4, 0.5) is 0 Å². The SMILES string of the molecule is Cc1cc(Cl)cc(C(N)=O)c1-c1c(CCl)nn(-c2ncccc2Cl)c1C(N)=O. The van der Waals surface area contributed by atoms with Gasteiger partial charge in [-0.15, -0.1) is 11.6 Å². The van der Waals surface area contributed by atoms with Gasteiger partial charge in [-0.3, -0.25) is 9.59 Å². The summed E-state index contributed by atoms with van der Waals surface area (Å²) >= 11 is 18.4. The summed E-state index contributed by atoms with van der Waals surface area (Å²) in [4.78, 5) is 28.6. The molecule has 0 saturated carbocycles. The van der Waals surface area contributed by atoms with E-state index in [0.29, 0.717) is 21.8 Å². The lowest BCUT2D eigenvalue weighted by atomic mass is 9.92. The van der Waals surface area contributed by atoms with Crippen LogP contribution in [0.15, 0.2) is 30.5 Å². The van der Waals surface area contributed by atoms with Crippen LogP contribution >= 0.6 is 34.8 Å². The van der Waals surface area contributed by atoms with E-state index in [4.69, 9.17) is 46.3 Å². The molecule has 3 rings (SSSR count). The van der Waals surface area contributed by atoms with Gasteiger partial charge in [0.05, 0.1) is 16.6 Å². The first-order valence-corrected chi connectivity index (χ1v) is 9.24. The Bertz CT molecular complexity index is 1110. The first kappa shape index (κ1) is 20.1. The smallest absolute Gasteiger partial charge is 0.268 e. The van der Waals surface area contributed by atoms with Crippen LogP contribution in [0.1, 0.15) is 32.1 Å². The molecule has 0 saturated heterocycles. The van der Waals surface area contributed by atoms with Gasteiger partial charge < -0.3 is 11.5 Å². The third-order valence-corrected chi connectivity index (χ3v) is 4.84. The van der Waals surface area contributed by atoms with Gasteiger partial charge in [0.1, 0.15) is 5.69 Å². The summed E-state index contributed by atoms with van der Waals surface area (Å²) in [7, 11) is 0. The van der Waals surface area contributed by atoms with Crippen LogP contribution in [-0.2, 0) is 5.88 Å². The number of amides is 2. The zero-order chi connectivity index (χ0) is 20.6. The molecule has 0 aliphatic rings. The highest BCUT2D eigenvalue weighted by molar-refractivity contribution is 6.32. The van der Waals surface area contributed by atoms with Gasteiger partial charge in [-0.25, -0.2) is 9.67 Å². The third-order valence-electron chi connectivity index (χ3n) is 4.07. The number of carbonyl (C=O) groups excluding carboxylic acids is 2. The predicted octanol–water partition coefficient (Wildman–Crippen LogP) is 3.49. The topological polar surface area (TPSA) is 117 Å². The Morgan fingerprint density at radius 2 is 1.86 bits per heavy atom. The summed E-state index contributed by atoms with van der Waals surface area (Å²) in [6.45, 7) is 1.72. The number of nitrogens with two attached hydrogens (primary N) is 2.